The van der Waals surface area contributed by atoms with E-state index in [1.54, 1.807) is 6.07 Å². The molecule has 0 radical (unpaired) electrons. The first-order valence-electron chi connectivity index (χ1n) is 8.33. The minimum absolute atomic E-state index is 0.00314. The van der Waals surface area contributed by atoms with Crippen LogP contribution in [0.3, 0.4) is 0 Å². The summed E-state index contributed by atoms with van der Waals surface area (Å²) in [5, 5.41) is -0.654. The quantitative estimate of drug-likeness (QED) is 0.748. The molecule has 6 nitrogen and oxygen atoms in total. The Morgan fingerprint density at radius 1 is 1.04 bits per heavy atom. The van der Waals surface area contributed by atoms with Gasteiger partial charge in [0.25, 0.3) is 0 Å². The third-order valence-electron chi connectivity index (χ3n) is 5.04. The van der Waals surface area contributed by atoms with Crippen molar-refractivity contribution in [3.05, 3.63) is 23.2 Å². The molecule has 2 fully saturated rings. The Hall–Kier alpha value is -0.830. The first-order valence-corrected chi connectivity index (χ1v) is 11.8. The first-order chi connectivity index (χ1) is 11.8. The van der Waals surface area contributed by atoms with Crippen LogP contribution in [0.5, 0.6) is 5.75 Å². The van der Waals surface area contributed by atoms with E-state index in [1.165, 1.54) is 23.5 Å². The molecule has 0 unspecified atom stereocenters. The number of benzene rings is 1. The highest BCUT2D eigenvalue weighted by Gasteiger charge is 2.47. The number of hydrogen-bond acceptors (Lipinski definition) is 5. The lowest BCUT2D eigenvalue weighted by Crippen LogP contribution is -2.58. The second-order valence-corrected chi connectivity index (χ2v) is 11.4. The summed E-state index contributed by atoms with van der Waals surface area (Å²) in [6.07, 6.45) is 4.31. The average molecular weight is 408 g/mol. The molecule has 1 aromatic carbocycles. The van der Waals surface area contributed by atoms with Crippen molar-refractivity contribution >= 4 is 31.5 Å². The lowest BCUT2D eigenvalue weighted by atomic mass is 10.0. The van der Waals surface area contributed by atoms with E-state index < -0.39 is 25.1 Å². The molecule has 25 heavy (non-hydrogen) atoms. The van der Waals surface area contributed by atoms with Gasteiger partial charge in [0.1, 0.15) is 10.6 Å². The van der Waals surface area contributed by atoms with E-state index in [1.807, 2.05) is 0 Å². The van der Waals surface area contributed by atoms with Crippen molar-refractivity contribution in [2.75, 3.05) is 20.2 Å². The van der Waals surface area contributed by atoms with Crippen LogP contribution in [-0.4, -0.2) is 51.8 Å². The Morgan fingerprint density at radius 2 is 1.68 bits per heavy atom. The summed E-state index contributed by atoms with van der Waals surface area (Å²) in [6.45, 7) is -0.00628. The van der Waals surface area contributed by atoms with Crippen molar-refractivity contribution in [1.82, 2.24) is 4.31 Å². The topological polar surface area (TPSA) is 80.8 Å². The van der Waals surface area contributed by atoms with Gasteiger partial charge in [-0.05, 0) is 31.0 Å². The van der Waals surface area contributed by atoms with Crippen molar-refractivity contribution in [3.63, 3.8) is 0 Å². The molecule has 0 N–H and O–H groups in total. The zero-order valence-electron chi connectivity index (χ0n) is 14.0. The second kappa shape index (κ2) is 7.06. The van der Waals surface area contributed by atoms with Crippen LogP contribution in [-0.2, 0) is 19.9 Å². The zero-order chi connectivity index (χ0) is 18.2. The molecule has 0 aromatic heterocycles. The number of nitrogens with zero attached hydrogens (tertiary/aromatic N) is 1. The van der Waals surface area contributed by atoms with Gasteiger partial charge in [-0.2, -0.15) is 4.31 Å². The summed E-state index contributed by atoms with van der Waals surface area (Å²) in [7, 11) is -5.74. The predicted octanol–water partition coefficient (Wildman–Crippen LogP) is 2.47. The highest BCUT2D eigenvalue weighted by molar-refractivity contribution is 7.93. The maximum absolute atomic E-state index is 12.8. The molecule has 1 aliphatic heterocycles. The van der Waals surface area contributed by atoms with E-state index in [4.69, 9.17) is 16.3 Å². The lowest BCUT2D eigenvalue weighted by Gasteiger charge is -2.39. The van der Waals surface area contributed by atoms with Gasteiger partial charge in [-0.15, -0.1) is 0 Å². The zero-order valence-corrected chi connectivity index (χ0v) is 16.4. The fourth-order valence-electron chi connectivity index (χ4n) is 3.46. The van der Waals surface area contributed by atoms with Crippen LogP contribution in [0, 0.1) is 0 Å². The van der Waals surface area contributed by atoms with Crippen LogP contribution in [0.1, 0.15) is 32.1 Å². The lowest BCUT2D eigenvalue weighted by molar-refractivity contribution is 0.304. The minimum Gasteiger partial charge on any atom is -0.495 e. The first kappa shape index (κ1) is 18.9. The summed E-state index contributed by atoms with van der Waals surface area (Å²) in [6, 6.07) is 4.37. The Kier molecular flexibility index (Phi) is 5.35. The molecule has 2 aliphatic rings. The van der Waals surface area contributed by atoms with Crippen molar-refractivity contribution in [2.24, 2.45) is 0 Å². The SMILES string of the molecule is COc1ccc(Cl)cc1S(=O)(=O)N1CC(S(=O)(=O)C2CCCCC2)C1. The van der Waals surface area contributed by atoms with Gasteiger partial charge >= 0.3 is 0 Å². The molecule has 0 atom stereocenters. The van der Waals surface area contributed by atoms with E-state index >= 15 is 0 Å². The molecule has 1 heterocycles. The average Bonchev–Trinajstić information content (AvgIpc) is 2.53. The van der Waals surface area contributed by atoms with E-state index in [9.17, 15) is 16.8 Å². The Bertz CT molecular complexity index is 841. The molecular weight excluding hydrogens is 386 g/mol. The van der Waals surface area contributed by atoms with Crippen LogP contribution in [0.25, 0.3) is 0 Å². The van der Waals surface area contributed by atoms with Gasteiger partial charge in [0.05, 0.1) is 17.6 Å². The fourth-order valence-corrected chi connectivity index (χ4v) is 7.91. The summed E-state index contributed by atoms with van der Waals surface area (Å²) in [5.41, 5.74) is 0. The number of sulfonamides is 1. The monoisotopic (exact) mass is 407 g/mol. The van der Waals surface area contributed by atoms with E-state index in [0.717, 1.165) is 19.3 Å². The van der Waals surface area contributed by atoms with E-state index in [2.05, 4.69) is 0 Å². The molecule has 0 spiro atoms. The second-order valence-electron chi connectivity index (χ2n) is 6.59. The molecule has 1 aromatic rings. The van der Waals surface area contributed by atoms with Crippen LogP contribution in [0.4, 0.5) is 0 Å². The van der Waals surface area contributed by atoms with Crippen LogP contribution < -0.4 is 4.74 Å². The molecular formula is C16H22ClNO5S2. The number of halogens is 1. The summed E-state index contributed by atoms with van der Waals surface area (Å²) in [4.78, 5) is -0.0315. The molecule has 1 aliphatic carbocycles. The third kappa shape index (κ3) is 3.54. The van der Waals surface area contributed by atoms with Crippen LogP contribution in [0.2, 0.25) is 5.02 Å². The van der Waals surface area contributed by atoms with Crippen LogP contribution >= 0.6 is 11.6 Å². The Balaban J connectivity index is 1.76. The summed E-state index contributed by atoms with van der Waals surface area (Å²) >= 11 is 5.91. The Morgan fingerprint density at radius 3 is 2.28 bits per heavy atom. The molecule has 1 saturated carbocycles. The predicted molar refractivity (Wildman–Crippen MR) is 96.3 cm³/mol. The van der Waals surface area contributed by atoms with Crippen molar-refractivity contribution < 1.29 is 21.6 Å². The number of hydrogen-bond donors (Lipinski definition) is 0. The van der Waals surface area contributed by atoms with Gasteiger partial charge in [0.15, 0.2) is 9.84 Å². The summed E-state index contributed by atoms with van der Waals surface area (Å²) in [5.74, 6) is 0.197. The van der Waals surface area contributed by atoms with Gasteiger partial charge in [-0.3, -0.25) is 0 Å². The fraction of sp³-hybridized carbons (Fsp3) is 0.625. The highest BCUT2D eigenvalue weighted by atomic mass is 35.5. The van der Waals surface area contributed by atoms with Gasteiger partial charge in [0.2, 0.25) is 10.0 Å². The van der Waals surface area contributed by atoms with Gasteiger partial charge in [-0.1, -0.05) is 30.9 Å². The van der Waals surface area contributed by atoms with Gasteiger partial charge in [0, 0.05) is 18.1 Å². The highest BCUT2D eigenvalue weighted by Crippen LogP contribution is 2.35. The van der Waals surface area contributed by atoms with E-state index in [-0.39, 0.29) is 34.0 Å². The van der Waals surface area contributed by atoms with Crippen molar-refractivity contribution in [3.8, 4) is 5.75 Å². The van der Waals surface area contributed by atoms with Crippen molar-refractivity contribution in [1.29, 1.82) is 0 Å². The number of methoxy groups -OCH3 is 1. The normalized spacial score (nSPS) is 21.0. The maximum Gasteiger partial charge on any atom is 0.246 e. The number of sulfone groups is 1. The van der Waals surface area contributed by atoms with Gasteiger partial charge < -0.3 is 4.74 Å². The molecule has 0 bridgehead atoms. The molecule has 1 saturated heterocycles. The smallest absolute Gasteiger partial charge is 0.246 e. The molecule has 9 heteroatoms. The number of ether oxygens (including phenoxy) is 1. The minimum atomic E-state index is -3.83. The molecule has 0 amide bonds. The van der Waals surface area contributed by atoms with Crippen LogP contribution in [0.15, 0.2) is 23.1 Å². The largest absolute Gasteiger partial charge is 0.495 e. The van der Waals surface area contributed by atoms with Gasteiger partial charge in [-0.25, -0.2) is 16.8 Å². The third-order valence-corrected chi connectivity index (χ3v) is 9.76. The maximum atomic E-state index is 12.8. The van der Waals surface area contributed by atoms with Crippen molar-refractivity contribution in [2.45, 2.75) is 47.5 Å². The number of rotatable bonds is 5. The summed E-state index contributed by atoms with van der Waals surface area (Å²) < 4.78 is 57.2. The molecule has 140 valence electrons. The molecule has 3 rings (SSSR count). The van der Waals surface area contributed by atoms with E-state index in [0.29, 0.717) is 12.8 Å². The standard InChI is InChI=1S/C16H22ClNO5S2/c1-23-15-8-7-12(17)9-16(15)25(21,22)18-10-14(11-18)24(19,20)13-5-3-2-4-6-13/h7-9,13-14H,2-6,10-11H2,1H3. The Labute approximate surface area is 154 Å².